The molecule has 1 aromatic carbocycles. The lowest BCUT2D eigenvalue weighted by Gasteiger charge is -2.10. The summed E-state index contributed by atoms with van der Waals surface area (Å²) < 4.78 is 0. The van der Waals surface area contributed by atoms with Gasteiger partial charge in [-0.05, 0) is 68.1 Å². The third-order valence-corrected chi connectivity index (χ3v) is 4.92. The second kappa shape index (κ2) is 5.98. The summed E-state index contributed by atoms with van der Waals surface area (Å²) in [5.41, 5.74) is 4.28. The van der Waals surface area contributed by atoms with Crippen LogP contribution in [-0.4, -0.2) is 12.0 Å². The smallest absolute Gasteiger partial charge is 0.101 e. The van der Waals surface area contributed by atoms with E-state index in [0.29, 0.717) is 6.04 Å². The lowest BCUT2D eigenvalue weighted by atomic mass is 10.1. The van der Waals surface area contributed by atoms with E-state index in [0.717, 1.165) is 5.03 Å². The van der Waals surface area contributed by atoms with Crippen molar-refractivity contribution in [3.63, 3.8) is 0 Å². The Morgan fingerprint density at radius 2 is 2.00 bits per heavy atom. The summed E-state index contributed by atoms with van der Waals surface area (Å²) in [6.45, 7) is 2.14. The molecule has 0 spiro atoms. The van der Waals surface area contributed by atoms with Crippen LogP contribution in [-0.2, 0) is 12.8 Å². The summed E-state index contributed by atoms with van der Waals surface area (Å²) in [7, 11) is 1.97. The first kappa shape index (κ1) is 13.7. The minimum Gasteiger partial charge on any atom is -0.313 e. The Hall–Kier alpha value is -1.32. The Morgan fingerprint density at radius 1 is 1.15 bits per heavy atom. The molecule has 3 heteroatoms. The van der Waals surface area contributed by atoms with Gasteiger partial charge >= 0.3 is 0 Å². The normalized spacial score (nSPS) is 15.1. The fourth-order valence-corrected chi connectivity index (χ4v) is 3.43. The molecular weight excluding hydrogens is 264 g/mol. The van der Waals surface area contributed by atoms with Gasteiger partial charge in [-0.1, -0.05) is 23.9 Å². The molecule has 0 saturated heterocycles. The molecule has 1 aromatic heterocycles. The molecule has 1 aliphatic carbocycles. The lowest BCUT2D eigenvalue weighted by Crippen LogP contribution is -2.12. The van der Waals surface area contributed by atoms with Crippen LogP contribution in [0.2, 0.25) is 0 Å². The predicted octanol–water partition coefficient (Wildman–Crippen LogP) is 4.00. The molecule has 3 rings (SSSR count). The predicted molar refractivity (Wildman–Crippen MR) is 84.3 cm³/mol. The van der Waals surface area contributed by atoms with E-state index in [9.17, 15) is 0 Å². The highest BCUT2D eigenvalue weighted by Gasteiger charge is 2.11. The van der Waals surface area contributed by atoms with E-state index in [1.54, 1.807) is 11.8 Å². The number of hydrogen-bond donors (Lipinski definition) is 1. The average Bonchev–Trinajstić information content (AvgIpc) is 2.95. The van der Waals surface area contributed by atoms with Crippen LogP contribution < -0.4 is 5.32 Å². The van der Waals surface area contributed by atoms with Crippen LogP contribution in [0.5, 0.6) is 0 Å². The molecule has 0 saturated carbocycles. The van der Waals surface area contributed by atoms with Gasteiger partial charge in [-0.15, -0.1) is 0 Å². The van der Waals surface area contributed by atoms with Gasteiger partial charge in [-0.3, -0.25) is 0 Å². The Bertz CT molecular complexity index is 592. The molecule has 2 aromatic rings. The molecule has 104 valence electrons. The number of aryl methyl sites for hydroxylation is 2. The van der Waals surface area contributed by atoms with Gasteiger partial charge in [-0.2, -0.15) is 0 Å². The monoisotopic (exact) mass is 284 g/mol. The quantitative estimate of drug-likeness (QED) is 0.918. The lowest BCUT2D eigenvalue weighted by molar-refractivity contribution is 0.648. The highest BCUT2D eigenvalue weighted by molar-refractivity contribution is 7.99. The Labute approximate surface area is 125 Å². The number of rotatable bonds is 4. The van der Waals surface area contributed by atoms with Crippen LogP contribution in [0.3, 0.4) is 0 Å². The number of hydrogen-bond acceptors (Lipinski definition) is 3. The molecule has 0 amide bonds. The SMILES string of the molecule is CNC(C)c1ccc(Sc2ccc3c(c2)CCC3)nc1. The van der Waals surface area contributed by atoms with E-state index in [1.807, 2.05) is 13.2 Å². The van der Waals surface area contributed by atoms with E-state index in [4.69, 9.17) is 0 Å². The van der Waals surface area contributed by atoms with Crippen molar-refractivity contribution in [3.05, 3.63) is 53.2 Å². The van der Waals surface area contributed by atoms with Gasteiger partial charge in [0, 0.05) is 17.1 Å². The Kier molecular flexibility index (Phi) is 4.08. The van der Waals surface area contributed by atoms with Gasteiger partial charge in [0.2, 0.25) is 0 Å². The maximum Gasteiger partial charge on any atom is 0.101 e. The summed E-state index contributed by atoms with van der Waals surface area (Å²) in [5.74, 6) is 0. The fraction of sp³-hybridized carbons (Fsp3) is 0.353. The van der Waals surface area contributed by atoms with Gasteiger partial charge in [0.15, 0.2) is 0 Å². The molecule has 2 nitrogen and oxygen atoms in total. The number of nitrogens with one attached hydrogen (secondary N) is 1. The zero-order chi connectivity index (χ0) is 13.9. The Morgan fingerprint density at radius 3 is 2.75 bits per heavy atom. The second-order valence-electron chi connectivity index (χ2n) is 5.33. The van der Waals surface area contributed by atoms with Crippen molar-refractivity contribution in [3.8, 4) is 0 Å². The standard InChI is InChI=1S/C17H20N2S/c1-12(18-2)15-7-9-17(19-11-15)20-16-8-6-13-4-3-5-14(13)10-16/h6-12,18H,3-5H2,1-2H3. The van der Waals surface area contributed by atoms with Crippen molar-refractivity contribution in [2.75, 3.05) is 7.05 Å². The van der Waals surface area contributed by atoms with Crippen LogP contribution in [0, 0.1) is 0 Å². The molecule has 1 aliphatic rings. The summed E-state index contributed by atoms with van der Waals surface area (Å²) >= 11 is 1.75. The topological polar surface area (TPSA) is 24.9 Å². The summed E-state index contributed by atoms with van der Waals surface area (Å²) in [6, 6.07) is 11.5. The summed E-state index contributed by atoms with van der Waals surface area (Å²) in [4.78, 5) is 5.86. The van der Waals surface area contributed by atoms with Crippen molar-refractivity contribution in [1.29, 1.82) is 0 Å². The summed E-state index contributed by atoms with van der Waals surface area (Å²) in [5, 5.41) is 4.30. The first-order valence-electron chi connectivity index (χ1n) is 7.19. The maximum atomic E-state index is 4.56. The molecule has 1 atom stereocenters. The van der Waals surface area contributed by atoms with E-state index in [2.05, 4.69) is 47.6 Å². The van der Waals surface area contributed by atoms with Gasteiger partial charge < -0.3 is 5.32 Å². The van der Waals surface area contributed by atoms with Crippen molar-refractivity contribution in [2.24, 2.45) is 0 Å². The third kappa shape index (κ3) is 2.89. The number of aromatic nitrogens is 1. The van der Waals surface area contributed by atoms with Crippen LogP contribution in [0.25, 0.3) is 0 Å². The van der Waals surface area contributed by atoms with E-state index >= 15 is 0 Å². The van der Waals surface area contributed by atoms with Crippen LogP contribution in [0.1, 0.15) is 36.1 Å². The van der Waals surface area contributed by atoms with Crippen molar-refractivity contribution in [2.45, 2.75) is 42.1 Å². The zero-order valence-corrected chi connectivity index (χ0v) is 12.8. The molecule has 1 heterocycles. The number of pyridine rings is 1. The van der Waals surface area contributed by atoms with E-state index in [-0.39, 0.29) is 0 Å². The van der Waals surface area contributed by atoms with Gasteiger partial charge in [0.25, 0.3) is 0 Å². The molecule has 1 unspecified atom stereocenters. The second-order valence-corrected chi connectivity index (χ2v) is 6.42. The molecule has 0 aliphatic heterocycles. The summed E-state index contributed by atoms with van der Waals surface area (Å²) in [6.07, 6.45) is 5.75. The molecule has 20 heavy (non-hydrogen) atoms. The highest BCUT2D eigenvalue weighted by atomic mass is 32.2. The fourth-order valence-electron chi connectivity index (χ4n) is 2.61. The number of nitrogens with zero attached hydrogens (tertiary/aromatic N) is 1. The first-order valence-corrected chi connectivity index (χ1v) is 8.01. The largest absolute Gasteiger partial charge is 0.313 e. The minimum atomic E-state index is 0.349. The zero-order valence-electron chi connectivity index (χ0n) is 12.0. The van der Waals surface area contributed by atoms with Gasteiger partial charge in [0.05, 0.1) is 0 Å². The van der Waals surface area contributed by atoms with Crippen molar-refractivity contribution < 1.29 is 0 Å². The molecule has 0 radical (unpaired) electrons. The van der Waals surface area contributed by atoms with Crippen molar-refractivity contribution >= 4 is 11.8 Å². The molecule has 0 bridgehead atoms. The van der Waals surface area contributed by atoms with Crippen molar-refractivity contribution in [1.82, 2.24) is 10.3 Å². The highest BCUT2D eigenvalue weighted by Crippen LogP contribution is 2.31. The average molecular weight is 284 g/mol. The molecule has 1 N–H and O–H groups in total. The third-order valence-electron chi connectivity index (χ3n) is 3.98. The van der Waals surface area contributed by atoms with E-state index in [1.165, 1.54) is 40.8 Å². The number of fused-ring (bicyclic) bond motifs is 1. The Balaban J connectivity index is 1.74. The van der Waals surface area contributed by atoms with Crippen LogP contribution in [0.4, 0.5) is 0 Å². The minimum absolute atomic E-state index is 0.349. The van der Waals surface area contributed by atoms with E-state index < -0.39 is 0 Å². The molecular formula is C17H20N2S. The van der Waals surface area contributed by atoms with Gasteiger partial charge in [-0.25, -0.2) is 4.98 Å². The first-order chi connectivity index (χ1) is 9.76. The maximum absolute atomic E-state index is 4.56. The van der Waals surface area contributed by atoms with Crippen LogP contribution in [0.15, 0.2) is 46.5 Å². The number of benzene rings is 1. The molecule has 0 fully saturated rings. The van der Waals surface area contributed by atoms with Gasteiger partial charge in [0.1, 0.15) is 5.03 Å². The van der Waals surface area contributed by atoms with Crippen LogP contribution >= 0.6 is 11.8 Å².